The molecule has 0 radical (unpaired) electrons. The van der Waals surface area contributed by atoms with Gasteiger partial charge in [0.1, 0.15) is 0 Å². The molecule has 0 saturated heterocycles. The van der Waals surface area contributed by atoms with Crippen molar-refractivity contribution in [1.29, 1.82) is 0 Å². The molecular weight excluding hydrogens is 240 g/mol. The van der Waals surface area contributed by atoms with Gasteiger partial charge in [-0.05, 0) is 18.4 Å². The Morgan fingerprint density at radius 1 is 1.32 bits per heavy atom. The maximum atomic E-state index is 12.4. The number of benzene rings is 1. The highest BCUT2D eigenvalue weighted by atomic mass is 16.3. The van der Waals surface area contributed by atoms with Crippen LogP contribution in [0.1, 0.15) is 31.2 Å². The monoisotopic (exact) mass is 262 g/mol. The molecule has 0 aromatic heterocycles. The molecule has 4 N–H and O–H groups in total. The second-order valence-corrected chi connectivity index (χ2v) is 5.16. The Kier molecular flexibility index (Phi) is 4.56. The fourth-order valence-corrected chi connectivity index (χ4v) is 2.91. The highest BCUT2D eigenvalue weighted by Crippen LogP contribution is 2.40. The van der Waals surface area contributed by atoms with E-state index in [1.807, 2.05) is 30.3 Å². The molecule has 4 heteroatoms. The Balaban J connectivity index is 2.29. The number of nitrogens with two attached hydrogens (primary N) is 1. The van der Waals surface area contributed by atoms with Gasteiger partial charge in [-0.2, -0.15) is 0 Å². The minimum Gasteiger partial charge on any atom is -0.375 e. The molecule has 0 heterocycles. The van der Waals surface area contributed by atoms with Crippen molar-refractivity contribution in [3.05, 3.63) is 35.9 Å². The molecule has 4 nitrogen and oxygen atoms in total. The summed E-state index contributed by atoms with van der Waals surface area (Å²) >= 11 is 0. The number of hydrogen-bond donors (Lipinski definition) is 3. The molecule has 104 valence electrons. The van der Waals surface area contributed by atoms with Crippen LogP contribution in [0.4, 0.5) is 0 Å². The van der Waals surface area contributed by atoms with E-state index >= 15 is 0 Å². The predicted octanol–water partition coefficient (Wildman–Crippen LogP) is 1.14. The molecule has 0 spiro atoms. The van der Waals surface area contributed by atoms with Crippen LogP contribution in [-0.2, 0) is 10.4 Å². The van der Waals surface area contributed by atoms with E-state index in [1.54, 1.807) is 0 Å². The van der Waals surface area contributed by atoms with E-state index < -0.39 is 5.60 Å². The van der Waals surface area contributed by atoms with Crippen LogP contribution in [0.3, 0.4) is 0 Å². The van der Waals surface area contributed by atoms with Crippen molar-refractivity contribution in [2.24, 2.45) is 11.7 Å². The molecule has 1 aromatic rings. The minimum absolute atomic E-state index is 0.00678. The van der Waals surface area contributed by atoms with Crippen molar-refractivity contribution < 1.29 is 9.90 Å². The lowest BCUT2D eigenvalue weighted by molar-refractivity contribution is -0.147. The Labute approximate surface area is 114 Å². The Bertz CT molecular complexity index is 415. The quantitative estimate of drug-likeness (QED) is 0.745. The van der Waals surface area contributed by atoms with Crippen LogP contribution < -0.4 is 11.1 Å². The first kappa shape index (κ1) is 14.0. The number of amides is 1. The third-order valence-electron chi connectivity index (χ3n) is 3.94. The summed E-state index contributed by atoms with van der Waals surface area (Å²) in [5, 5.41) is 13.8. The van der Waals surface area contributed by atoms with Gasteiger partial charge in [-0.3, -0.25) is 4.79 Å². The SMILES string of the molecule is NCCNC(=O)[C@](O)(c1ccccc1)C1CCCC1. The van der Waals surface area contributed by atoms with Gasteiger partial charge in [-0.15, -0.1) is 0 Å². The van der Waals surface area contributed by atoms with Crippen LogP contribution in [0.15, 0.2) is 30.3 Å². The maximum absolute atomic E-state index is 12.4. The van der Waals surface area contributed by atoms with Gasteiger partial charge >= 0.3 is 0 Å². The molecule has 1 saturated carbocycles. The van der Waals surface area contributed by atoms with Crippen LogP contribution in [0, 0.1) is 5.92 Å². The number of carbonyl (C=O) groups is 1. The van der Waals surface area contributed by atoms with Gasteiger partial charge in [0.25, 0.3) is 5.91 Å². The summed E-state index contributed by atoms with van der Waals surface area (Å²) in [6.07, 6.45) is 3.93. The number of carbonyl (C=O) groups excluding carboxylic acids is 1. The molecular formula is C15H22N2O2. The molecule has 1 aliphatic carbocycles. The van der Waals surface area contributed by atoms with Gasteiger partial charge in [0.2, 0.25) is 0 Å². The lowest BCUT2D eigenvalue weighted by Gasteiger charge is -2.33. The average Bonchev–Trinajstić information content (AvgIpc) is 2.99. The van der Waals surface area contributed by atoms with Gasteiger partial charge in [-0.25, -0.2) is 0 Å². The third-order valence-corrected chi connectivity index (χ3v) is 3.94. The molecule has 1 aliphatic rings. The van der Waals surface area contributed by atoms with Crippen LogP contribution >= 0.6 is 0 Å². The molecule has 1 fully saturated rings. The maximum Gasteiger partial charge on any atom is 0.256 e. The summed E-state index contributed by atoms with van der Waals surface area (Å²) in [7, 11) is 0. The van der Waals surface area contributed by atoms with Crippen molar-refractivity contribution in [2.75, 3.05) is 13.1 Å². The van der Waals surface area contributed by atoms with Crippen LogP contribution in [0.5, 0.6) is 0 Å². The van der Waals surface area contributed by atoms with Gasteiger partial charge in [-0.1, -0.05) is 43.2 Å². The van der Waals surface area contributed by atoms with Crippen molar-refractivity contribution in [3.63, 3.8) is 0 Å². The van der Waals surface area contributed by atoms with E-state index in [-0.39, 0.29) is 11.8 Å². The number of rotatable bonds is 5. The summed E-state index contributed by atoms with van der Waals surface area (Å²) in [5.41, 5.74) is 4.67. The fourth-order valence-electron chi connectivity index (χ4n) is 2.91. The molecule has 0 unspecified atom stereocenters. The highest BCUT2D eigenvalue weighted by molar-refractivity contribution is 5.86. The molecule has 1 atom stereocenters. The van der Waals surface area contributed by atoms with Crippen molar-refractivity contribution in [2.45, 2.75) is 31.3 Å². The van der Waals surface area contributed by atoms with Gasteiger partial charge in [0.15, 0.2) is 5.60 Å². The zero-order chi connectivity index (χ0) is 13.7. The number of nitrogens with one attached hydrogen (secondary N) is 1. The Morgan fingerprint density at radius 3 is 2.53 bits per heavy atom. The van der Waals surface area contributed by atoms with Gasteiger partial charge < -0.3 is 16.2 Å². The van der Waals surface area contributed by atoms with E-state index in [0.29, 0.717) is 18.7 Å². The Morgan fingerprint density at radius 2 is 1.95 bits per heavy atom. The summed E-state index contributed by atoms with van der Waals surface area (Å²) in [6.45, 7) is 0.766. The lowest BCUT2D eigenvalue weighted by Crippen LogP contribution is -2.50. The van der Waals surface area contributed by atoms with E-state index in [2.05, 4.69) is 5.32 Å². The standard InChI is InChI=1S/C15H22N2O2/c16-10-11-17-14(18)15(19,13-8-4-5-9-13)12-6-2-1-3-7-12/h1-3,6-7,13,19H,4-5,8-11,16H2,(H,17,18)/t15-/m0/s1. The number of hydrogen-bond acceptors (Lipinski definition) is 3. The molecule has 1 aromatic carbocycles. The molecule has 0 aliphatic heterocycles. The summed E-state index contributed by atoms with van der Waals surface area (Å²) in [5.74, 6) is -0.330. The summed E-state index contributed by atoms with van der Waals surface area (Å²) < 4.78 is 0. The normalized spacial score (nSPS) is 19.1. The fraction of sp³-hybridized carbons (Fsp3) is 0.533. The lowest BCUT2D eigenvalue weighted by atomic mass is 9.79. The van der Waals surface area contributed by atoms with Gasteiger partial charge in [0, 0.05) is 19.0 Å². The zero-order valence-electron chi connectivity index (χ0n) is 11.1. The van der Waals surface area contributed by atoms with E-state index in [9.17, 15) is 9.90 Å². The molecule has 0 bridgehead atoms. The minimum atomic E-state index is -1.42. The average molecular weight is 262 g/mol. The van der Waals surface area contributed by atoms with E-state index in [0.717, 1.165) is 25.7 Å². The topological polar surface area (TPSA) is 75.3 Å². The van der Waals surface area contributed by atoms with Crippen molar-refractivity contribution in [1.82, 2.24) is 5.32 Å². The second-order valence-electron chi connectivity index (χ2n) is 5.16. The first-order valence-electron chi connectivity index (χ1n) is 6.96. The zero-order valence-corrected chi connectivity index (χ0v) is 11.1. The van der Waals surface area contributed by atoms with Crippen molar-refractivity contribution >= 4 is 5.91 Å². The smallest absolute Gasteiger partial charge is 0.256 e. The predicted molar refractivity (Wildman–Crippen MR) is 74.4 cm³/mol. The van der Waals surface area contributed by atoms with Crippen LogP contribution in [-0.4, -0.2) is 24.1 Å². The largest absolute Gasteiger partial charge is 0.375 e. The summed E-state index contributed by atoms with van der Waals surface area (Å²) in [6, 6.07) is 9.23. The Hall–Kier alpha value is -1.39. The first-order chi connectivity index (χ1) is 9.19. The van der Waals surface area contributed by atoms with Gasteiger partial charge in [0.05, 0.1) is 0 Å². The first-order valence-corrected chi connectivity index (χ1v) is 6.96. The molecule has 2 rings (SSSR count). The van der Waals surface area contributed by atoms with Crippen LogP contribution in [0.25, 0.3) is 0 Å². The molecule has 19 heavy (non-hydrogen) atoms. The van der Waals surface area contributed by atoms with Crippen LogP contribution in [0.2, 0.25) is 0 Å². The van der Waals surface area contributed by atoms with Crippen molar-refractivity contribution in [3.8, 4) is 0 Å². The highest BCUT2D eigenvalue weighted by Gasteiger charge is 2.45. The van der Waals surface area contributed by atoms with E-state index in [4.69, 9.17) is 5.73 Å². The molecule has 1 amide bonds. The summed E-state index contributed by atoms with van der Waals surface area (Å²) in [4.78, 5) is 12.4. The van der Waals surface area contributed by atoms with E-state index in [1.165, 1.54) is 0 Å². The number of aliphatic hydroxyl groups is 1. The third kappa shape index (κ3) is 2.80. The second kappa shape index (κ2) is 6.17.